The van der Waals surface area contributed by atoms with E-state index in [0.717, 1.165) is 31.1 Å². The number of hydrogen-bond donors (Lipinski definition) is 1. The molecule has 32 heavy (non-hydrogen) atoms. The first-order valence-electron chi connectivity index (χ1n) is 10.2. The Morgan fingerprint density at radius 3 is 2.62 bits per heavy atom. The molecule has 5 rings (SSSR count). The number of hydrogen-bond acceptors (Lipinski definition) is 8. The summed E-state index contributed by atoms with van der Waals surface area (Å²) in [6, 6.07) is 9.73. The number of carbonyl (C=O) groups excluding carboxylic acids is 2. The predicted molar refractivity (Wildman–Crippen MR) is 121 cm³/mol. The summed E-state index contributed by atoms with van der Waals surface area (Å²) in [6.07, 6.45) is 6.42. The molecule has 0 bridgehead atoms. The fourth-order valence-electron chi connectivity index (χ4n) is 3.55. The highest BCUT2D eigenvalue weighted by Crippen LogP contribution is 2.30. The van der Waals surface area contributed by atoms with E-state index in [2.05, 4.69) is 15.0 Å². The summed E-state index contributed by atoms with van der Waals surface area (Å²) in [4.78, 5) is 30.9. The molecule has 0 unspecified atom stereocenters. The van der Waals surface area contributed by atoms with Crippen LogP contribution in [0.1, 0.15) is 35.4 Å². The lowest BCUT2D eigenvalue weighted by Gasteiger charge is -2.26. The molecule has 1 fully saturated rings. The molecule has 4 heterocycles. The van der Waals surface area contributed by atoms with Crippen LogP contribution in [-0.4, -0.2) is 51.0 Å². The standard InChI is InChI=1S/C22H19N5O4S/c23-18-16(13-14-6-8-15(9-7-14)31-20(29)17-5-4-12-30-17)19(28)24-21-27(18)25-22(32-21)26-10-2-1-3-11-26/h4-9,12-13,23H,1-3,10-11H2/b16-13+,23-18?. The number of aliphatic imine (C=N–C) groups is 1. The zero-order chi connectivity index (χ0) is 22.1. The van der Waals surface area contributed by atoms with E-state index in [-0.39, 0.29) is 17.2 Å². The molecule has 0 radical (unpaired) electrons. The van der Waals surface area contributed by atoms with Gasteiger partial charge < -0.3 is 14.1 Å². The van der Waals surface area contributed by atoms with Crippen LogP contribution in [0, 0.1) is 5.41 Å². The molecule has 0 spiro atoms. The Hall–Kier alpha value is -3.66. The fraction of sp³-hybridized carbons (Fsp3) is 0.227. The van der Waals surface area contributed by atoms with Gasteiger partial charge >= 0.3 is 5.97 Å². The van der Waals surface area contributed by atoms with E-state index in [1.807, 2.05) is 0 Å². The minimum absolute atomic E-state index is 0.00664. The van der Waals surface area contributed by atoms with Crippen LogP contribution in [0.3, 0.4) is 0 Å². The maximum atomic E-state index is 12.6. The second-order valence-corrected chi connectivity index (χ2v) is 8.32. The highest BCUT2D eigenvalue weighted by Gasteiger charge is 2.37. The number of esters is 1. The number of fused-ring (bicyclic) bond motifs is 1. The molecule has 0 atom stereocenters. The molecule has 2 aromatic rings. The molecule has 0 saturated carbocycles. The summed E-state index contributed by atoms with van der Waals surface area (Å²) in [6.45, 7) is 1.85. The fourth-order valence-corrected chi connectivity index (χ4v) is 4.49. The van der Waals surface area contributed by atoms with E-state index in [9.17, 15) is 9.59 Å². The number of furan rings is 1. The lowest BCUT2D eigenvalue weighted by Crippen LogP contribution is -2.35. The second-order valence-electron chi connectivity index (χ2n) is 7.39. The van der Waals surface area contributed by atoms with Crippen molar-refractivity contribution in [2.75, 3.05) is 13.1 Å². The van der Waals surface area contributed by atoms with Gasteiger partial charge in [-0.3, -0.25) is 10.2 Å². The molecule has 1 aromatic carbocycles. The number of nitrogens with zero attached hydrogens (tertiary/aromatic N) is 4. The minimum atomic E-state index is -0.596. The van der Waals surface area contributed by atoms with Crippen LogP contribution < -0.4 is 4.74 Å². The average molecular weight is 449 g/mol. The van der Waals surface area contributed by atoms with Crippen molar-refractivity contribution < 1.29 is 18.7 Å². The van der Waals surface area contributed by atoms with Crippen molar-refractivity contribution in [1.29, 1.82) is 5.41 Å². The van der Waals surface area contributed by atoms with Crippen molar-refractivity contribution in [2.45, 2.75) is 19.3 Å². The maximum absolute atomic E-state index is 12.6. The topological polar surface area (TPSA) is 112 Å². The summed E-state index contributed by atoms with van der Waals surface area (Å²) in [5.41, 5.74) is 0.819. The monoisotopic (exact) mass is 449 g/mol. The Balaban J connectivity index is 1.32. The molecular weight excluding hydrogens is 430 g/mol. The van der Waals surface area contributed by atoms with Crippen LogP contribution in [-0.2, 0) is 4.79 Å². The summed E-state index contributed by atoms with van der Waals surface area (Å²) in [7, 11) is 0. The van der Waals surface area contributed by atoms with Gasteiger partial charge in [-0.2, -0.15) is 10.0 Å². The number of thioether (sulfide) groups is 1. The normalized spacial score (nSPS) is 19.7. The van der Waals surface area contributed by atoms with Gasteiger partial charge in [-0.15, -0.1) is 5.10 Å². The summed E-state index contributed by atoms with van der Waals surface area (Å²) in [5, 5.41) is 15.7. The van der Waals surface area contributed by atoms with E-state index in [0.29, 0.717) is 16.5 Å². The number of rotatable bonds is 3. The van der Waals surface area contributed by atoms with Crippen LogP contribution in [0.15, 0.2) is 62.7 Å². The third kappa shape index (κ3) is 3.96. The van der Waals surface area contributed by atoms with Crippen LogP contribution >= 0.6 is 11.8 Å². The molecule has 3 aliphatic heterocycles. The smallest absolute Gasteiger partial charge is 0.379 e. The summed E-state index contributed by atoms with van der Waals surface area (Å²) < 4.78 is 10.3. The van der Waals surface area contributed by atoms with E-state index in [1.54, 1.807) is 36.4 Å². The Kier molecular flexibility index (Phi) is 5.36. The molecule has 10 heteroatoms. The summed E-state index contributed by atoms with van der Waals surface area (Å²) in [5.74, 6) is -0.629. The van der Waals surface area contributed by atoms with Crippen molar-refractivity contribution in [2.24, 2.45) is 10.1 Å². The number of likely N-dealkylation sites (tertiary alicyclic amines) is 1. The van der Waals surface area contributed by atoms with Crippen molar-refractivity contribution in [3.8, 4) is 5.75 Å². The number of carbonyl (C=O) groups is 2. The van der Waals surface area contributed by atoms with E-state index < -0.39 is 11.9 Å². The van der Waals surface area contributed by atoms with Crippen molar-refractivity contribution >= 4 is 45.9 Å². The molecule has 9 nitrogen and oxygen atoms in total. The van der Waals surface area contributed by atoms with Gasteiger partial charge in [0.15, 0.2) is 11.0 Å². The third-order valence-corrected chi connectivity index (χ3v) is 6.16. The minimum Gasteiger partial charge on any atom is -0.457 e. The first-order valence-corrected chi connectivity index (χ1v) is 11.0. The first kappa shape index (κ1) is 20.3. The Morgan fingerprint density at radius 2 is 1.91 bits per heavy atom. The predicted octanol–water partition coefficient (Wildman–Crippen LogP) is 3.56. The van der Waals surface area contributed by atoms with Gasteiger partial charge in [-0.25, -0.2) is 4.79 Å². The van der Waals surface area contributed by atoms with Crippen LogP contribution in [0.2, 0.25) is 0 Å². The zero-order valence-corrected chi connectivity index (χ0v) is 17.8. The molecule has 1 N–H and O–H groups in total. The van der Waals surface area contributed by atoms with E-state index >= 15 is 0 Å². The van der Waals surface area contributed by atoms with Gasteiger partial charge in [0.1, 0.15) is 5.75 Å². The number of piperidine rings is 1. The third-order valence-electron chi connectivity index (χ3n) is 5.19. The van der Waals surface area contributed by atoms with E-state index in [4.69, 9.17) is 14.6 Å². The molecule has 1 aromatic heterocycles. The number of amides is 1. The van der Waals surface area contributed by atoms with Gasteiger partial charge in [0.05, 0.1) is 11.8 Å². The van der Waals surface area contributed by atoms with Gasteiger partial charge in [-0.1, -0.05) is 12.1 Å². The lowest BCUT2D eigenvalue weighted by molar-refractivity contribution is -0.114. The van der Waals surface area contributed by atoms with Crippen molar-refractivity contribution in [3.63, 3.8) is 0 Å². The lowest BCUT2D eigenvalue weighted by atomic mass is 10.1. The van der Waals surface area contributed by atoms with Gasteiger partial charge in [-0.05, 0) is 66.9 Å². The van der Waals surface area contributed by atoms with E-state index in [1.165, 1.54) is 35.5 Å². The molecule has 3 aliphatic rings. The quantitative estimate of drug-likeness (QED) is 0.433. The van der Waals surface area contributed by atoms with Crippen LogP contribution in [0.4, 0.5) is 0 Å². The highest BCUT2D eigenvalue weighted by atomic mass is 32.2. The summed E-state index contributed by atoms with van der Waals surface area (Å²) >= 11 is 1.33. The number of ether oxygens (including phenoxy) is 1. The number of amidine groups is 3. The number of nitrogens with one attached hydrogen (secondary N) is 1. The highest BCUT2D eigenvalue weighted by molar-refractivity contribution is 8.26. The molecule has 1 amide bonds. The average Bonchev–Trinajstić information content (AvgIpc) is 3.49. The van der Waals surface area contributed by atoms with Crippen LogP contribution in [0.5, 0.6) is 5.75 Å². The van der Waals surface area contributed by atoms with Crippen LogP contribution in [0.25, 0.3) is 6.08 Å². The largest absolute Gasteiger partial charge is 0.457 e. The molecular formula is C22H19N5O4S. The molecule has 0 aliphatic carbocycles. The van der Waals surface area contributed by atoms with Gasteiger partial charge in [0.25, 0.3) is 5.91 Å². The van der Waals surface area contributed by atoms with Crippen molar-refractivity contribution in [1.82, 2.24) is 9.91 Å². The Labute approximate surface area is 187 Å². The Morgan fingerprint density at radius 1 is 1.12 bits per heavy atom. The van der Waals surface area contributed by atoms with Gasteiger partial charge in [0, 0.05) is 13.1 Å². The first-order chi connectivity index (χ1) is 15.6. The van der Waals surface area contributed by atoms with Gasteiger partial charge in [0.2, 0.25) is 10.9 Å². The molecule has 162 valence electrons. The number of benzene rings is 1. The number of hydrazone groups is 1. The SMILES string of the molecule is N=C1/C(=C\c2ccc(OC(=O)c3ccco3)cc2)C(=O)N=C2SC(N3CCCCC3)=NN12. The second kappa shape index (κ2) is 8.46. The maximum Gasteiger partial charge on any atom is 0.379 e. The molecule has 1 saturated heterocycles. The van der Waals surface area contributed by atoms with Crippen molar-refractivity contribution in [3.05, 3.63) is 59.6 Å². The Bertz CT molecular complexity index is 1160. The zero-order valence-electron chi connectivity index (χ0n) is 17.0.